The third-order valence-electron chi connectivity index (χ3n) is 4.17. The van der Waals surface area contributed by atoms with Crippen molar-refractivity contribution >= 4 is 23.0 Å². The Hall–Kier alpha value is -3.29. The zero-order valence-electron chi connectivity index (χ0n) is 15.6. The van der Waals surface area contributed by atoms with Crippen LogP contribution in [0.15, 0.2) is 40.1 Å². The first-order valence-corrected chi connectivity index (χ1v) is 8.40. The molecule has 0 spiro atoms. The minimum absolute atomic E-state index is 0.00161. The minimum atomic E-state index is -0.725. The SMILES string of the molecule is CC(C)[C@@H](/C=C/O)Nc1c(Nc2cccc(C(=O)N(C)C)c2O)c(=O)c1=O. The summed E-state index contributed by atoms with van der Waals surface area (Å²) in [5.41, 5.74) is -1.13. The second kappa shape index (κ2) is 7.94. The number of aliphatic hydroxyl groups is 1. The van der Waals surface area contributed by atoms with Gasteiger partial charge in [-0.05, 0) is 24.1 Å². The molecule has 0 saturated heterocycles. The van der Waals surface area contributed by atoms with Crippen LogP contribution in [0.2, 0.25) is 0 Å². The summed E-state index contributed by atoms with van der Waals surface area (Å²) < 4.78 is 0. The van der Waals surface area contributed by atoms with Crippen LogP contribution in [0, 0.1) is 5.92 Å². The fourth-order valence-corrected chi connectivity index (χ4v) is 2.54. The van der Waals surface area contributed by atoms with E-state index in [4.69, 9.17) is 5.11 Å². The number of benzene rings is 1. The Morgan fingerprint density at radius 1 is 1.15 bits per heavy atom. The summed E-state index contributed by atoms with van der Waals surface area (Å²) in [6.45, 7) is 3.77. The highest BCUT2D eigenvalue weighted by Gasteiger charge is 2.25. The third kappa shape index (κ3) is 3.94. The normalized spacial score (nSPS) is 12.5. The Morgan fingerprint density at radius 3 is 2.33 bits per heavy atom. The molecule has 2 rings (SSSR count). The summed E-state index contributed by atoms with van der Waals surface area (Å²) in [5, 5.41) is 25.0. The first-order chi connectivity index (χ1) is 12.7. The number of anilines is 3. The summed E-state index contributed by atoms with van der Waals surface area (Å²) >= 11 is 0. The summed E-state index contributed by atoms with van der Waals surface area (Å²) in [7, 11) is 3.11. The lowest BCUT2D eigenvalue weighted by Gasteiger charge is -2.23. The lowest BCUT2D eigenvalue weighted by Crippen LogP contribution is -2.39. The maximum absolute atomic E-state index is 12.1. The quantitative estimate of drug-likeness (QED) is 0.333. The van der Waals surface area contributed by atoms with Gasteiger partial charge in [0.05, 0.1) is 23.6 Å². The number of carbonyl (C=O) groups is 1. The molecule has 0 saturated carbocycles. The van der Waals surface area contributed by atoms with Gasteiger partial charge in [-0.2, -0.15) is 0 Å². The van der Waals surface area contributed by atoms with Crippen LogP contribution in [-0.4, -0.2) is 41.2 Å². The number of hydrogen-bond acceptors (Lipinski definition) is 7. The summed E-state index contributed by atoms with van der Waals surface area (Å²) in [4.78, 5) is 37.4. The summed E-state index contributed by atoms with van der Waals surface area (Å²) in [5.74, 6) is -0.668. The predicted molar refractivity (Wildman–Crippen MR) is 105 cm³/mol. The molecule has 2 aromatic carbocycles. The van der Waals surface area contributed by atoms with E-state index in [9.17, 15) is 19.5 Å². The average Bonchev–Trinajstić information content (AvgIpc) is 2.63. The van der Waals surface area contributed by atoms with Crippen molar-refractivity contribution in [2.45, 2.75) is 19.9 Å². The van der Waals surface area contributed by atoms with Gasteiger partial charge in [-0.3, -0.25) is 14.4 Å². The molecule has 0 heterocycles. The number of aromatic hydroxyl groups is 1. The fourth-order valence-electron chi connectivity index (χ4n) is 2.54. The molecule has 0 radical (unpaired) electrons. The van der Waals surface area contributed by atoms with Crippen LogP contribution in [0.5, 0.6) is 5.75 Å². The number of phenolic OH excluding ortho intramolecular Hbond substituents is 1. The number of carbonyl (C=O) groups excluding carboxylic acids is 1. The number of rotatable bonds is 7. The molecular formula is C19H23N3O5. The van der Waals surface area contributed by atoms with Crippen molar-refractivity contribution in [3.05, 3.63) is 56.5 Å². The smallest absolute Gasteiger partial charge is 0.257 e. The van der Waals surface area contributed by atoms with Gasteiger partial charge in [-0.15, -0.1) is 0 Å². The Balaban J connectivity index is 2.36. The number of aliphatic hydroxyl groups excluding tert-OH is 1. The minimum Gasteiger partial charge on any atom is -0.516 e. The molecule has 0 bridgehead atoms. The molecule has 8 heteroatoms. The van der Waals surface area contributed by atoms with Gasteiger partial charge in [-0.1, -0.05) is 19.9 Å². The maximum atomic E-state index is 12.1. The van der Waals surface area contributed by atoms with Crippen LogP contribution in [0.25, 0.3) is 0 Å². The van der Waals surface area contributed by atoms with Crippen LogP contribution in [0.3, 0.4) is 0 Å². The van der Waals surface area contributed by atoms with Crippen LogP contribution in [0.4, 0.5) is 17.1 Å². The van der Waals surface area contributed by atoms with E-state index < -0.39 is 16.8 Å². The lowest BCUT2D eigenvalue weighted by molar-refractivity contribution is 0.0824. The second-order valence-electron chi connectivity index (χ2n) is 6.69. The highest BCUT2D eigenvalue weighted by atomic mass is 16.3. The molecule has 0 aliphatic heterocycles. The number of para-hydroxylation sites is 1. The van der Waals surface area contributed by atoms with Crippen molar-refractivity contribution in [1.82, 2.24) is 4.90 Å². The van der Waals surface area contributed by atoms with Crippen molar-refractivity contribution < 1.29 is 15.0 Å². The van der Waals surface area contributed by atoms with Gasteiger partial charge < -0.3 is 25.7 Å². The van der Waals surface area contributed by atoms with Crippen molar-refractivity contribution in [3.63, 3.8) is 0 Å². The predicted octanol–water partition coefficient (Wildman–Crippen LogP) is 1.94. The zero-order valence-corrected chi connectivity index (χ0v) is 15.6. The number of phenols is 1. The highest BCUT2D eigenvalue weighted by Crippen LogP contribution is 2.32. The largest absolute Gasteiger partial charge is 0.516 e. The monoisotopic (exact) mass is 373 g/mol. The van der Waals surface area contributed by atoms with Gasteiger partial charge in [0.15, 0.2) is 5.75 Å². The molecule has 0 fully saturated rings. The van der Waals surface area contributed by atoms with Crippen molar-refractivity contribution in [2.75, 3.05) is 24.7 Å². The molecule has 0 unspecified atom stereocenters. The van der Waals surface area contributed by atoms with Gasteiger partial charge in [0.25, 0.3) is 16.8 Å². The molecule has 1 amide bonds. The lowest BCUT2D eigenvalue weighted by atomic mass is 10.0. The molecule has 8 nitrogen and oxygen atoms in total. The van der Waals surface area contributed by atoms with Gasteiger partial charge in [0.2, 0.25) is 0 Å². The molecule has 0 aliphatic carbocycles. The molecule has 0 aliphatic rings. The van der Waals surface area contributed by atoms with E-state index in [1.54, 1.807) is 20.2 Å². The van der Waals surface area contributed by atoms with Gasteiger partial charge in [0, 0.05) is 14.1 Å². The summed E-state index contributed by atoms with van der Waals surface area (Å²) in [6, 6.07) is 4.15. The Kier molecular flexibility index (Phi) is 5.89. The van der Waals surface area contributed by atoms with Crippen molar-refractivity contribution in [1.29, 1.82) is 0 Å². The van der Waals surface area contributed by atoms with Crippen LogP contribution in [0.1, 0.15) is 24.2 Å². The molecule has 4 N–H and O–H groups in total. The average molecular weight is 373 g/mol. The van der Waals surface area contributed by atoms with E-state index in [2.05, 4.69) is 10.6 Å². The van der Waals surface area contributed by atoms with Crippen molar-refractivity contribution in [2.24, 2.45) is 5.92 Å². The number of nitrogens with zero attached hydrogens (tertiary/aromatic N) is 1. The Morgan fingerprint density at radius 2 is 1.78 bits per heavy atom. The Bertz CT molecular complexity index is 939. The first kappa shape index (κ1) is 20.0. The number of nitrogens with one attached hydrogen (secondary N) is 2. The van der Waals surface area contributed by atoms with E-state index >= 15 is 0 Å². The fraction of sp³-hybridized carbons (Fsp3) is 0.316. The number of hydrogen-bond donors (Lipinski definition) is 4. The Labute approximate surface area is 156 Å². The van der Waals surface area contributed by atoms with Gasteiger partial charge in [-0.25, -0.2) is 0 Å². The van der Waals surface area contributed by atoms with Crippen molar-refractivity contribution in [3.8, 4) is 5.75 Å². The third-order valence-corrected chi connectivity index (χ3v) is 4.17. The zero-order chi connectivity index (χ0) is 20.3. The van der Waals surface area contributed by atoms with Crippen LogP contribution < -0.4 is 21.5 Å². The topological polar surface area (TPSA) is 119 Å². The molecule has 27 heavy (non-hydrogen) atoms. The molecule has 2 aromatic rings. The first-order valence-electron chi connectivity index (χ1n) is 8.40. The molecular weight excluding hydrogens is 350 g/mol. The van der Waals surface area contributed by atoms with E-state index in [-0.39, 0.29) is 40.3 Å². The van der Waals surface area contributed by atoms with Gasteiger partial charge >= 0.3 is 0 Å². The van der Waals surface area contributed by atoms with E-state index in [1.165, 1.54) is 23.1 Å². The molecule has 144 valence electrons. The summed E-state index contributed by atoms with van der Waals surface area (Å²) in [6.07, 6.45) is 2.34. The van der Waals surface area contributed by atoms with Crippen LogP contribution >= 0.6 is 0 Å². The molecule has 0 aromatic heterocycles. The van der Waals surface area contributed by atoms with E-state index in [0.29, 0.717) is 0 Å². The number of amides is 1. The van der Waals surface area contributed by atoms with E-state index in [0.717, 1.165) is 6.26 Å². The standard InChI is InChI=1S/C19H23N3O5/c1-10(2)12(8-9-23)20-14-15(18(26)17(14)25)21-13-7-5-6-11(16(13)24)19(27)22(3)4/h5-10,12,20-21,23-24H,1-4H3/b9-8+/t12-/m1/s1. The van der Waals surface area contributed by atoms with E-state index in [1.807, 2.05) is 13.8 Å². The molecule has 1 atom stereocenters. The second-order valence-corrected chi connectivity index (χ2v) is 6.69. The van der Waals surface area contributed by atoms with Crippen LogP contribution in [-0.2, 0) is 0 Å². The highest BCUT2D eigenvalue weighted by molar-refractivity contribution is 5.99. The maximum Gasteiger partial charge on any atom is 0.257 e. The van der Waals surface area contributed by atoms with Gasteiger partial charge in [0.1, 0.15) is 11.4 Å².